The first-order chi connectivity index (χ1) is 5.58. The summed E-state index contributed by atoms with van der Waals surface area (Å²) in [5.41, 5.74) is 0. The number of allylic oxidation sites excluding steroid dienone is 2. The van der Waals surface area contributed by atoms with Gasteiger partial charge in [0.1, 0.15) is 0 Å². The molecule has 2 heteroatoms. The predicted octanol–water partition coefficient (Wildman–Crippen LogP) is 2.03. The highest BCUT2D eigenvalue weighted by Crippen LogP contribution is 2.16. The summed E-state index contributed by atoms with van der Waals surface area (Å²) >= 11 is 0. The van der Waals surface area contributed by atoms with Crippen LogP contribution in [0.2, 0.25) is 0 Å². The Morgan fingerprint density at radius 3 is 2.58 bits per heavy atom. The molecule has 0 heterocycles. The molecule has 0 bridgehead atoms. The topological polar surface area (TPSA) is 12.4 Å². The predicted molar refractivity (Wildman–Crippen MR) is 53.0 cm³/mol. The van der Waals surface area contributed by atoms with E-state index in [4.69, 9.17) is 0 Å². The molecule has 0 amide bonds. The Balaban J connectivity index is 2.40. The second-order valence-electron chi connectivity index (χ2n) is 4.25. The maximum Gasteiger partial charge on any atom is 0.0923 e. The average molecular weight is 167 g/mol. The SMILES string of the molecule is C[N+](C)(C)/N=C\[C@H]1CC=CCC1. The second kappa shape index (κ2) is 3.85. The van der Waals surface area contributed by atoms with Crippen LogP contribution in [0, 0.1) is 5.92 Å². The summed E-state index contributed by atoms with van der Waals surface area (Å²) in [6.07, 6.45) is 10.3. The Morgan fingerprint density at radius 2 is 2.08 bits per heavy atom. The summed E-state index contributed by atoms with van der Waals surface area (Å²) in [5.74, 6) is 0.673. The van der Waals surface area contributed by atoms with Crippen LogP contribution in [-0.2, 0) is 0 Å². The lowest BCUT2D eigenvalue weighted by Gasteiger charge is -2.17. The van der Waals surface area contributed by atoms with E-state index in [9.17, 15) is 0 Å². The van der Waals surface area contributed by atoms with Crippen LogP contribution in [-0.4, -0.2) is 31.9 Å². The molecule has 0 aliphatic heterocycles. The van der Waals surface area contributed by atoms with Gasteiger partial charge in [-0.25, -0.2) is 4.59 Å². The molecule has 0 aromatic rings. The van der Waals surface area contributed by atoms with Crippen LogP contribution in [0.15, 0.2) is 17.3 Å². The highest BCUT2D eigenvalue weighted by Gasteiger charge is 2.09. The number of quaternary nitrogens is 1. The zero-order valence-corrected chi connectivity index (χ0v) is 8.33. The van der Waals surface area contributed by atoms with Crippen LogP contribution in [0.3, 0.4) is 0 Å². The van der Waals surface area contributed by atoms with Gasteiger partial charge in [-0.1, -0.05) is 17.3 Å². The van der Waals surface area contributed by atoms with E-state index in [-0.39, 0.29) is 0 Å². The summed E-state index contributed by atoms with van der Waals surface area (Å²) in [6, 6.07) is 0. The molecule has 0 spiro atoms. The van der Waals surface area contributed by atoms with Crippen LogP contribution >= 0.6 is 0 Å². The van der Waals surface area contributed by atoms with E-state index in [1.807, 2.05) is 0 Å². The molecule has 2 nitrogen and oxygen atoms in total. The normalized spacial score (nSPS) is 25.1. The van der Waals surface area contributed by atoms with Gasteiger partial charge < -0.3 is 0 Å². The number of nitrogens with zero attached hydrogens (tertiary/aromatic N) is 2. The van der Waals surface area contributed by atoms with Crippen LogP contribution in [0.25, 0.3) is 0 Å². The van der Waals surface area contributed by atoms with E-state index in [1.54, 1.807) is 0 Å². The van der Waals surface area contributed by atoms with Crippen LogP contribution in [0.5, 0.6) is 0 Å². The minimum atomic E-state index is 0.673. The van der Waals surface area contributed by atoms with Gasteiger partial charge >= 0.3 is 0 Å². The first kappa shape index (κ1) is 9.46. The fourth-order valence-electron chi connectivity index (χ4n) is 1.25. The van der Waals surface area contributed by atoms with E-state index >= 15 is 0 Å². The largest absolute Gasteiger partial charge is 0.205 e. The van der Waals surface area contributed by atoms with Crippen molar-refractivity contribution in [3.63, 3.8) is 0 Å². The van der Waals surface area contributed by atoms with Crippen molar-refractivity contribution in [1.82, 2.24) is 0 Å². The van der Waals surface area contributed by atoms with Gasteiger partial charge in [0.2, 0.25) is 0 Å². The van der Waals surface area contributed by atoms with E-state index < -0.39 is 0 Å². The minimum Gasteiger partial charge on any atom is -0.205 e. The molecule has 12 heavy (non-hydrogen) atoms. The van der Waals surface area contributed by atoms with Gasteiger partial charge in [0.05, 0.1) is 27.4 Å². The Kier molecular flexibility index (Phi) is 3.04. The standard InChI is InChI=1S/C10H19N2/c1-12(2,3)11-9-10-7-5-4-6-8-10/h4-5,9-10H,6-8H2,1-3H3/q+1/b11-9-/t10-/m0/s1. The highest BCUT2D eigenvalue weighted by molar-refractivity contribution is 5.60. The molecule has 1 atom stereocenters. The van der Waals surface area contributed by atoms with E-state index in [2.05, 4.69) is 44.6 Å². The van der Waals surface area contributed by atoms with Gasteiger partial charge in [-0.15, -0.1) is 0 Å². The van der Waals surface area contributed by atoms with Crippen LogP contribution < -0.4 is 0 Å². The van der Waals surface area contributed by atoms with E-state index in [1.165, 1.54) is 19.3 Å². The third-order valence-electron chi connectivity index (χ3n) is 1.93. The third kappa shape index (κ3) is 3.67. The van der Waals surface area contributed by atoms with Gasteiger partial charge in [0, 0.05) is 5.92 Å². The van der Waals surface area contributed by atoms with Crippen LogP contribution in [0.1, 0.15) is 19.3 Å². The molecule has 0 N–H and O–H groups in total. The number of hydrogen-bond donors (Lipinski definition) is 0. The fraction of sp³-hybridized carbons (Fsp3) is 0.700. The molecular formula is C10H19N2+. The van der Waals surface area contributed by atoms with Crippen molar-refractivity contribution >= 4 is 6.21 Å². The molecule has 0 saturated carbocycles. The van der Waals surface area contributed by atoms with Crippen molar-refractivity contribution in [2.24, 2.45) is 11.0 Å². The smallest absolute Gasteiger partial charge is 0.0923 e. The van der Waals surface area contributed by atoms with Crippen molar-refractivity contribution in [3.05, 3.63) is 12.2 Å². The molecule has 0 saturated heterocycles. The molecule has 0 fully saturated rings. The summed E-state index contributed by atoms with van der Waals surface area (Å²) in [4.78, 5) is 0. The van der Waals surface area contributed by atoms with Crippen molar-refractivity contribution < 1.29 is 4.59 Å². The zero-order valence-electron chi connectivity index (χ0n) is 8.33. The molecular weight excluding hydrogens is 148 g/mol. The van der Waals surface area contributed by atoms with Gasteiger partial charge in [-0.2, -0.15) is 0 Å². The minimum absolute atomic E-state index is 0.673. The first-order valence-electron chi connectivity index (χ1n) is 4.60. The quantitative estimate of drug-likeness (QED) is 0.258. The Hall–Kier alpha value is -0.630. The number of hydrogen-bond acceptors (Lipinski definition) is 1. The van der Waals surface area contributed by atoms with Gasteiger partial charge in [-0.05, 0) is 19.3 Å². The fourth-order valence-corrected chi connectivity index (χ4v) is 1.25. The summed E-state index contributed by atoms with van der Waals surface area (Å²) in [6.45, 7) is 0. The Bertz CT molecular complexity index is 187. The second-order valence-corrected chi connectivity index (χ2v) is 4.25. The molecule has 0 unspecified atom stereocenters. The maximum absolute atomic E-state index is 4.46. The zero-order chi connectivity index (χ0) is 9.03. The molecule has 1 rings (SSSR count). The average Bonchev–Trinajstić information content (AvgIpc) is 2.02. The summed E-state index contributed by atoms with van der Waals surface area (Å²) in [5, 5.41) is 4.46. The summed E-state index contributed by atoms with van der Waals surface area (Å²) < 4.78 is 0.681. The molecule has 1 aliphatic rings. The van der Waals surface area contributed by atoms with E-state index in [0.717, 1.165) is 0 Å². The number of rotatable bonds is 2. The van der Waals surface area contributed by atoms with Crippen LogP contribution in [0.4, 0.5) is 0 Å². The first-order valence-corrected chi connectivity index (χ1v) is 4.60. The lowest BCUT2D eigenvalue weighted by atomic mass is 9.96. The van der Waals surface area contributed by atoms with Crippen molar-refractivity contribution in [2.75, 3.05) is 21.1 Å². The van der Waals surface area contributed by atoms with Crippen molar-refractivity contribution in [3.8, 4) is 0 Å². The molecule has 0 aromatic carbocycles. The van der Waals surface area contributed by atoms with Gasteiger partial charge in [0.25, 0.3) is 0 Å². The lowest BCUT2D eigenvalue weighted by molar-refractivity contribution is -0.876. The molecule has 68 valence electrons. The van der Waals surface area contributed by atoms with Crippen molar-refractivity contribution in [2.45, 2.75) is 19.3 Å². The Labute approximate surface area is 75.2 Å². The monoisotopic (exact) mass is 167 g/mol. The van der Waals surface area contributed by atoms with Crippen molar-refractivity contribution in [1.29, 1.82) is 0 Å². The molecule has 1 aliphatic carbocycles. The molecule has 0 radical (unpaired) electrons. The Morgan fingerprint density at radius 1 is 1.33 bits per heavy atom. The van der Waals surface area contributed by atoms with E-state index in [0.29, 0.717) is 10.5 Å². The van der Waals surface area contributed by atoms with Gasteiger partial charge in [0.15, 0.2) is 0 Å². The maximum atomic E-state index is 4.46. The highest BCUT2D eigenvalue weighted by atomic mass is 15.6. The lowest BCUT2D eigenvalue weighted by Crippen LogP contribution is -2.28. The summed E-state index contributed by atoms with van der Waals surface area (Å²) in [7, 11) is 6.24. The third-order valence-corrected chi connectivity index (χ3v) is 1.93. The molecule has 0 aromatic heterocycles. The van der Waals surface area contributed by atoms with Gasteiger partial charge in [-0.3, -0.25) is 0 Å².